The largest absolute Gasteiger partial charge is 0.484 e. The topological polar surface area (TPSA) is 75.7 Å². The first-order valence-electron chi connectivity index (χ1n) is 11.2. The zero-order valence-electron chi connectivity index (χ0n) is 19.8. The smallest absolute Gasteiger partial charge is 0.293 e. The maximum Gasteiger partial charge on any atom is 0.293 e. The molecule has 35 heavy (non-hydrogen) atoms. The van der Waals surface area contributed by atoms with Crippen LogP contribution < -0.4 is 10.1 Å². The highest BCUT2D eigenvalue weighted by atomic mass is 32.2. The van der Waals surface area contributed by atoms with Crippen LogP contribution in [0.3, 0.4) is 0 Å². The number of thioether (sulfide) groups is 1. The van der Waals surface area contributed by atoms with Gasteiger partial charge < -0.3 is 10.1 Å². The highest BCUT2D eigenvalue weighted by Gasteiger charge is 2.34. The maximum absolute atomic E-state index is 12.8. The summed E-state index contributed by atoms with van der Waals surface area (Å²) in [6, 6.07) is 20.5. The predicted octanol–water partition coefficient (Wildman–Crippen LogP) is 5.87. The Morgan fingerprint density at radius 3 is 2.49 bits per heavy atom. The average Bonchev–Trinajstić information content (AvgIpc) is 3.09. The Kier molecular flexibility index (Phi) is 7.36. The molecule has 1 aliphatic rings. The summed E-state index contributed by atoms with van der Waals surface area (Å²) in [4.78, 5) is 39.2. The van der Waals surface area contributed by atoms with E-state index in [0.717, 1.165) is 39.7 Å². The fraction of sp³-hybridized carbons (Fsp3) is 0.179. The fourth-order valence-corrected chi connectivity index (χ4v) is 4.36. The Bertz CT molecular complexity index is 1310. The Labute approximate surface area is 209 Å². The quantitative estimate of drug-likeness (QED) is 0.423. The monoisotopic (exact) mass is 486 g/mol. The fourth-order valence-electron chi connectivity index (χ4n) is 3.52. The van der Waals surface area contributed by atoms with Crippen molar-refractivity contribution >= 4 is 40.6 Å². The Balaban J connectivity index is 1.38. The molecular weight excluding hydrogens is 460 g/mol. The lowest BCUT2D eigenvalue weighted by Crippen LogP contribution is -2.27. The highest BCUT2D eigenvalue weighted by molar-refractivity contribution is 8.18. The highest BCUT2D eigenvalue weighted by Crippen LogP contribution is 2.33. The predicted molar refractivity (Wildman–Crippen MR) is 139 cm³/mol. The molecule has 3 amide bonds. The second-order valence-corrected chi connectivity index (χ2v) is 9.46. The molecule has 1 N–H and O–H groups in total. The lowest BCUT2D eigenvalue weighted by Gasteiger charge is -2.12. The molecular formula is C28H26N2O4S. The minimum atomic E-state index is -0.320. The lowest BCUT2D eigenvalue weighted by molar-refractivity contribution is -0.123. The van der Waals surface area contributed by atoms with Crippen LogP contribution in [0, 0.1) is 20.8 Å². The number of imide groups is 1. The number of carbonyl (C=O) groups excluding carboxylic acids is 3. The van der Waals surface area contributed by atoms with Gasteiger partial charge in [-0.25, -0.2) is 0 Å². The first-order valence-corrected chi connectivity index (χ1v) is 12.0. The standard InChI is InChI=1S/C28H26N2O4S/c1-18-7-10-21(11-8-18)16-30-27(32)25(35-28(30)33)15-22-5-4-6-24(14-22)34-17-26(31)29-23-12-9-19(2)20(3)13-23/h4-15H,16-17H2,1-3H3,(H,29,31). The van der Waals surface area contributed by atoms with Gasteiger partial charge in [0.25, 0.3) is 17.1 Å². The molecule has 0 spiro atoms. The van der Waals surface area contributed by atoms with Crippen molar-refractivity contribution in [2.24, 2.45) is 0 Å². The molecule has 1 aliphatic heterocycles. The van der Waals surface area contributed by atoms with Crippen molar-refractivity contribution < 1.29 is 19.1 Å². The number of benzene rings is 3. The van der Waals surface area contributed by atoms with E-state index in [9.17, 15) is 14.4 Å². The van der Waals surface area contributed by atoms with E-state index in [4.69, 9.17) is 4.74 Å². The van der Waals surface area contributed by atoms with Crippen molar-refractivity contribution in [3.05, 3.63) is 99.5 Å². The molecule has 6 nitrogen and oxygen atoms in total. The number of carbonyl (C=O) groups is 3. The second kappa shape index (κ2) is 10.6. The van der Waals surface area contributed by atoms with E-state index in [1.165, 1.54) is 4.90 Å². The van der Waals surface area contributed by atoms with E-state index < -0.39 is 0 Å². The number of amides is 3. The van der Waals surface area contributed by atoms with Gasteiger partial charge in [0.1, 0.15) is 5.75 Å². The van der Waals surface area contributed by atoms with Crippen LogP contribution in [0.2, 0.25) is 0 Å². The first kappa shape index (κ1) is 24.3. The summed E-state index contributed by atoms with van der Waals surface area (Å²) < 4.78 is 5.65. The number of hydrogen-bond donors (Lipinski definition) is 1. The van der Waals surface area contributed by atoms with Crippen LogP contribution in [0.4, 0.5) is 10.5 Å². The van der Waals surface area contributed by atoms with Crippen molar-refractivity contribution in [2.45, 2.75) is 27.3 Å². The first-order chi connectivity index (χ1) is 16.8. The molecule has 0 aromatic heterocycles. The van der Waals surface area contributed by atoms with Gasteiger partial charge in [-0.1, -0.05) is 48.0 Å². The summed E-state index contributed by atoms with van der Waals surface area (Å²) in [7, 11) is 0. The molecule has 4 rings (SSSR count). The Hall–Kier alpha value is -3.84. The molecule has 3 aromatic rings. The van der Waals surface area contributed by atoms with Crippen molar-refractivity contribution in [1.82, 2.24) is 4.90 Å². The van der Waals surface area contributed by atoms with E-state index in [1.807, 2.05) is 69.3 Å². The number of nitrogens with one attached hydrogen (secondary N) is 1. The second-order valence-electron chi connectivity index (χ2n) is 8.46. The lowest BCUT2D eigenvalue weighted by atomic mass is 10.1. The summed E-state index contributed by atoms with van der Waals surface area (Å²) >= 11 is 0.920. The van der Waals surface area contributed by atoms with Crippen LogP contribution >= 0.6 is 11.8 Å². The molecule has 0 unspecified atom stereocenters. The van der Waals surface area contributed by atoms with Crippen LogP contribution in [-0.4, -0.2) is 28.6 Å². The third-order valence-electron chi connectivity index (χ3n) is 5.65. The molecule has 1 heterocycles. The summed E-state index contributed by atoms with van der Waals surface area (Å²) in [5.41, 5.74) is 5.69. The Morgan fingerprint density at radius 2 is 1.74 bits per heavy atom. The average molecular weight is 487 g/mol. The van der Waals surface area contributed by atoms with Gasteiger partial charge >= 0.3 is 0 Å². The SMILES string of the molecule is Cc1ccc(CN2C(=O)SC(=Cc3cccc(OCC(=O)Nc4ccc(C)c(C)c4)c3)C2=O)cc1. The zero-order chi connectivity index (χ0) is 24.9. The van der Waals surface area contributed by atoms with Gasteiger partial charge in [0.15, 0.2) is 6.61 Å². The van der Waals surface area contributed by atoms with E-state index in [-0.39, 0.29) is 30.2 Å². The van der Waals surface area contributed by atoms with Gasteiger partial charge in [0.05, 0.1) is 11.4 Å². The normalized spacial score (nSPS) is 14.5. The minimum absolute atomic E-state index is 0.149. The number of rotatable bonds is 7. The summed E-state index contributed by atoms with van der Waals surface area (Å²) in [5.74, 6) is -0.0941. The number of hydrogen-bond acceptors (Lipinski definition) is 5. The summed E-state index contributed by atoms with van der Waals surface area (Å²) in [5, 5.41) is 2.53. The van der Waals surface area contributed by atoms with Gasteiger partial charge in [-0.2, -0.15) is 0 Å². The third-order valence-corrected chi connectivity index (χ3v) is 6.56. The van der Waals surface area contributed by atoms with Crippen LogP contribution in [0.15, 0.2) is 71.6 Å². The minimum Gasteiger partial charge on any atom is -0.484 e. The number of aryl methyl sites for hydroxylation is 3. The van der Waals surface area contributed by atoms with Crippen LogP contribution in [0.1, 0.15) is 27.8 Å². The van der Waals surface area contributed by atoms with Crippen molar-refractivity contribution in [3.63, 3.8) is 0 Å². The van der Waals surface area contributed by atoms with E-state index in [2.05, 4.69) is 5.32 Å². The molecule has 0 radical (unpaired) electrons. The summed E-state index contributed by atoms with van der Waals surface area (Å²) in [6.45, 7) is 6.08. The molecule has 3 aromatic carbocycles. The number of ether oxygens (including phenoxy) is 1. The van der Waals surface area contributed by atoms with Gasteiger partial charge in [0.2, 0.25) is 0 Å². The van der Waals surface area contributed by atoms with Crippen molar-refractivity contribution in [2.75, 3.05) is 11.9 Å². The molecule has 0 saturated carbocycles. The van der Waals surface area contributed by atoms with E-state index in [0.29, 0.717) is 16.2 Å². The summed E-state index contributed by atoms with van der Waals surface area (Å²) in [6.07, 6.45) is 1.67. The zero-order valence-corrected chi connectivity index (χ0v) is 20.6. The van der Waals surface area contributed by atoms with Gasteiger partial charge in [-0.05, 0) is 85.1 Å². The Morgan fingerprint density at radius 1 is 0.971 bits per heavy atom. The van der Waals surface area contributed by atoms with Gasteiger partial charge in [0, 0.05) is 5.69 Å². The maximum atomic E-state index is 12.8. The molecule has 0 aliphatic carbocycles. The third kappa shape index (κ3) is 6.19. The van der Waals surface area contributed by atoms with Crippen LogP contribution in [0.25, 0.3) is 6.08 Å². The van der Waals surface area contributed by atoms with Crippen LogP contribution in [0.5, 0.6) is 5.75 Å². The van der Waals surface area contributed by atoms with Crippen LogP contribution in [-0.2, 0) is 16.1 Å². The van der Waals surface area contributed by atoms with E-state index in [1.54, 1.807) is 24.3 Å². The van der Waals surface area contributed by atoms with Gasteiger partial charge in [-0.3, -0.25) is 19.3 Å². The molecule has 1 saturated heterocycles. The number of anilines is 1. The molecule has 0 bridgehead atoms. The van der Waals surface area contributed by atoms with Crippen molar-refractivity contribution in [1.29, 1.82) is 0 Å². The molecule has 178 valence electrons. The molecule has 1 fully saturated rings. The molecule has 0 atom stereocenters. The molecule has 7 heteroatoms. The van der Waals surface area contributed by atoms with Crippen molar-refractivity contribution in [3.8, 4) is 5.75 Å². The van der Waals surface area contributed by atoms with E-state index >= 15 is 0 Å². The number of nitrogens with zero attached hydrogens (tertiary/aromatic N) is 1. The van der Waals surface area contributed by atoms with Gasteiger partial charge in [-0.15, -0.1) is 0 Å².